The van der Waals surface area contributed by atoms with Crippen LogP contribution in [0.4, 0.5) is 5.69 Å². The molecule has 114 valence electrons. The predicted molar refractivity (Wildman–Crippen MR) is 90.4 cm³/mol. The quantitative estimate of drug-likeness (QED) is 0.862. The van der Waals surface area contributed by atoms with Crippen molar-refractivity contribution in [1.29, 1.82) is 0 Å². The number of anilines is 1. The number of halogens is 1. The van der Waals surface area contributed by atoms with Gasteiger partial charge in [0.05, 0.1) is 6.04 Å². The van der Waals surface area contributed by atoms with Gasteiger partial charge < -0.3 is 4.90 Å². The molecule has 2 aliphatic heterocycles. The number of rotatable bonds is 1. The lowest BCUT2D eigenvalue weighted by Gasteiger charge is -2.26. The first kappa shape index (κ1) is 15.2. The van der Waals surface area contributed by atoms with Crippen LogP contribution in [0, 0.1) is 0 Å². The normalized spacial score (nSPS) is 25.9. The maximum Gasteiger partial charge on any atom is 0.245 e. The molecule has 1 saturated carbocycles. The van der Waals surface area contributed by atoms with Gasteiger partial charge in [-0.3, -0.25) is 10.1 Å². The summed E-state index contributed by atoms with van der Waals surface area (Å²) in [5.41, 5.74) is 2.83. The largest absolute Gasteiger partial charge is 0.310 e. The van der Waals surface area contributed by atoms with Crippen LogP contribution in [0.25, 0.3) is 0 Å². The molecule has 2 heterocycles. The summed E-state index contributed by atoms with van der Waals surface area (Å²) in [4.78, 5) is 14.9. The number of nitrogens with one attached hydrogen (secondary N) is 1. The fourth-order valence-electron chi connectivity index (χ4n) is 4.05. The third kappa shape index (κ3) is 2.37. The fourth-order valence-corrected chi connectivity index (χ4v) is 4.98. The fraction of sp³-hybridized carbons (Fsp3) is 0.562. The van der Waals surface area contributed by atoms with Crippen LogP contribution in [0.1, 0.15) is 31.2 Å². The summed E-state index contributed by atoms with van der Waals surface area (Å²) in [6, 6.07) is 8.55. The Morgan fingerprint density at radius 2 is 2.05 bits per heavy atom. The molecule has 1 aliphatic carbocycles. The van der Waals surface area contributed by atoms with E-state index in [0.717, 1.165) is 23.9 Å². The average molecular weight is 325 g/mol. The molecule has 0 aromatic heterocycles. The lowest BCUT2D eigenvalue weighted by Crippen LogP contribution is -2.46. The van der Waals surface area contributed by atoms with Crippen molar-refractivity contribution in [3.63, 3.8) is 0 Å². The smallest absolute Gasteiger partial charge is 0.245 e. The summed E-state index contributed by atoms with van der Waals surface area (Å²) in [5, 5.41) is 3.31. The molecule has 21 heavy (non-hydrogen) atoms. The van der Waals surface area contributed by atoms with Crippen molar-refractivity contribution in [3.05, 3.63) is 29.8 Å². The highest BCUT2D eigenvalue weighted by molar-refractivity contribution is 7.99. The molecule has 4 rings (SSSR count). The number of carbonyl (C=O) groups excluding carboxylic acids is 1. The van der Waals surface area contributed by atoms with Crippen LogP contribution in [-0.2, 0) is 10.2 Å². The summed E-state index contributed by atoms with van der Waals surface area (Å²) < 4.78 is 0. The van der Waals surface area contributed by atoms with E-state index in [1.165, 1.54) is 31.2 Å². The molecule has 2 fully saturated rings. The number of thioether (sulfide) groups is 1. The maximum atomic E-state index is 12.8. The van der Waals surface area contributed by atoms with E-state index in [9.17, 15) is 4.79 Å². The SMILES string of the molecule is Cl.O=C(C1CSCN1)N1CC2(CCCC2)c2ccccc21. The lowest BCUT2D eigenvalue weighted by molar-refractivity contribution is -0.119. The first-order chi connectivity index (χ1) is 9.80. The van der Waals surface area contributed by atoms with Crippen LogP contribution in [0.5, 0.6) is 0 Å². The van der Waals surface area contributed by atoms with E-state index < -0.39 is 0 Å². The number of carbonyl (C=O) groups is 1. The van der Waals surface area contributed by atoms with Gasteiger partial charge in [0.2, 0.25) is 5.91 Å². The Morgan fingerprint density at radius 3 is 2.76 bits per heavy atom. The van der Waals surface area contributed by atoms with Gasteiger partial charge in [-0.1, -0.05) is 31.0 Å². The van der Waals surface area contributed by atoms with E-state index in [1.807, 2.05) is 11.8 Å². The average Bonchev–Trinajstić information content (AvgIpc) is 3.21. The molecule has 1 amide bonds. The second-order valence-corrected chi connectivity index (χ2v) is 7.23. The number of amides is 1. The van der Waals surface area contributed by atoms with Gasteiger partial charge in [-0.2, -0.15) is 0 Å². The molecule has 1 saturated heterocycles. The van der Waals surface area contributed by atoms with Crippen molar-refractivity contribution in [2.24, 2.45) is 0 Å². The van der Waals surface area contributed by atoms with Gasteiger partial charge in [-0.15, -0.1) is 24.2 Å². The predicted octanol–water partition coefficient (Wildman–Crippen LogP) is 2.93. The zero-order valence-electron chi connectivity index (χ0n) is 12.0. The number of hydrogen-bond acceptors (Lipinski definition) is 3. The standard InChI is InChI=1S/C16H20N2OS.ClH/c19-15(13-9-20-11-17-13)18-10-16(7-3-4-8-16)12-5-1-2-6-14(12)18;/h1-2,5-6,13,17H,3-4,7-11H2;1H. The van der Waals surface area contributed by atoms with Gasteiger partial charge in [-0.25, -0.2) is 0 Å². The number of hydrogen-bond donors (Lipinski definition) is 1. The molecular formula is C16H21ClN2OS. The van der Waals surface area contributed by atoms with Crippen molar-refractivity contribution in [3.8, 4) is 0 Å². The Balaban J connectivity index is 0.00000132. The van der Waals surface area contributed by atoms with Crippen molar-refractivity contribution in [1.82, 2.24) is 5.32 Å². The zero-order chi connectivity index (χ0) is 13.6. The third-order valence-electron chi connectivity index (χ3n) is 5.07. The highest BCUT2D eigenvalue weighted by Gasteiger charge is 2.47. The Morgan fingerprint density at radius 1 is 1.29 bits per heavy atom. The molecule has 5 heteroatoms. The molecule has 3 aliphatic rings. The summed E-state index contributed by atoms with van der Waals surface area (Å²) >= 11 is 1.82. The second kappa shape index (κ2) is 5.82. The topological polar surface area (TPSA) is 32.3 Å². The van der Waals surface area contributed by atoms with E-state index in [0.29, 0.717) is 0 Å². The molecule has 1 spiro atoms. The van der Waals surface area contributed by atoms with E-state index in [-0.39, 0.29) is 29.8 Å². The van der Waals surface area contributed by atoms with Crippen LogP contribution < -0.4 is 10.2 Å². The zero-order valence-corrected chi connectivity index (χ0v) is 13.6. The van der Waals surface area contributed by atoms with E-state index >= 15 is 0 Å². The van der Waals surface area contributed by atoms with Crippen LogP contribution in [-0.4, -0.2) is 30.1 Å². The van der Waals surface area contributed by atoms with Gasteiger partial charge in [0, 0.05) is 29.3 Å². The van der Waals surface area contributed by atoms with Crippen molar-refractivity contribution < 1.29 is 4.79 Å². The first-order valence-corrected chi connectivity index (χ1v) is 8.68. The Kier molecular flexibility index (Phi) is 4.21. The number of para-hydroxylation sites is 1. The van der Waals surface area contributed by atoms with Crippen molar-refractivity contribution in [2.45, 2.75) is 37.1 Å². The van der Waals surface area contributed by atoms with E-state index in [2.05, 4.69) is 34.5 Å². The van der Waals surface area contributed by atoms with Gasteiger partial charge in [0.1, 0.15) is 0 Å². The Bertz CT molecular complexity index is 539. The van der Waals surface area contributed by atoms with Crippen LogP contribution in [0.3, 0.4) is 0 Å². The maximum absolute atomic E-state index is 12.8. The molecule has 3 nitrogen and oxygen atoms in total. The van der Waals surface area contributed by atoms with Crippen LogP contribution in [0.15, 0.2) is 24.3 Å². The van der Waals surface area contributed by atoms with Gasteiger partial charge in [0.25, 0.3) is 0 Å². The number of benzene rings is 1. The molecular weight excluding hydrogens is 304 g/mol. The van der Waals surface area contributed by atoms with Gasteiger partial charge >= 0.3 is 0 Å². The highest BCUT2D eigenvalue weighted by atomic mass is 35.5. The molecule has 1 aromatic rings. The summed E-state index contributed by atoms with van der Waals surface area (Å²) in [7, 11) is 0. The number of fused-ring (bicyclic) bond motifs is 2. The minimum Gasteiger partial charge on any atom is -0.310 e. The van der Waals surface area contributed by atoms with Crippen LogP contribution >= 0.6 is 24.2 Å². The Hall–Kier alpha value is -0.710. The van der Waals surface area contributed by atoms with Crippen LogP contribution in [0.2, 0.25) is 0 Å². The third-order valence-corrected chi connectivity index (χ3v) is 6.01. The van der Waals surface area contributed by atoms with E-state index in [1.54, 1.807) is 0 Å². The summed E-state index contributed by atoms with van der Waals surface area (Å²) in [5.74, 6) is 2.08. The molecule has 1 aromatic carbocycles. The molecule has 1 unspecified atom stereocenters. The summed E-state index contributed by atoms with van der Waals surface area (Å²) in [6.45, 7) is 0.897. The van der Waals surface area contributed by atoms with Gasteiger partial charge in [0.15, 0.2) is 0 Å². The monoisotopic (exact) mass is 324 g/mol. The highest BCUT2D eigenvalue weighted by Crippen LogP contribution is 2.50. The molecule has 0 bridgehead atoms. The molecule has 1 atom stereocenters. The minimum absolute atomic E-state index is 0. The van der Waals surface area contributed by atoms with E-state index in [4.69, 9.17) is 0 Å². The van der Waals surface area contributed by atoms with Gasteiger partial charge in [-0.05, 0) is 24.5 Å². The second-order valence-electron chi connectivity index (χ2n) is 6.20. The minimum atomic E-state index is 0. The van der Waals surface area contributed by atoms with Crippen molar-refractivity contribution >= 4 is 35.8 Å². The van der Waals surface area contributed by atoms with Crippen molar-refractivity contribution in [2.75, 3.05) is 23.1 Å². The number of nitrogens with zero attached hydrogens (tertiary/aromatic N) is 1. The first-order valence-electron chi connectivity index (χ1n) is 7.52. The molecule has 1 N–H and O–H groups in total. The molecule has 0 radical (unpaired) electrons. The summed E-state index contributed by atoms with van der Waals surface area (Å²) in [6.07, 6.45) is 5.07. The Labute approximate surface area is 136 Å². The lowest BCUT2D eigenvalue weighted by atomic mass is 9.81.